The molecule has 0 unspecified atom stereocenters. The maximum absolute atomic E-state index is 12.7. The van der Waals surface area contributed by atoms with E-state index >= 15 is 0 Å². The van der Waals surface area contributed by atoms with E-state index in [2.05, 4.69) is 93.7 Å². The Balaban J connectivity index is 1.35. The lowest BCUT2D eigenvalue weighted by Gasteiger charge is -2.23. The maximum atomic E-state index is 12.7. The maximum Gasteiger partial charge on any atom is 0.407 e. The van der Waals surface area contributed by atoms with Gasteiger partial charge in [0, 0.05) is 12.1 Å². The van der Waals surface area contributed by atoms with Gasteiger partial charge in [-0.2, -0.15) is 0 Å². The number of hydrogen-bond donors (Lipinski definition) is 2. The summed E-state index contributed by atoms with van der Waals surface area (Å²) in [6.07, 6.45) is 2.92. The highest BCUT2D eigenvalue weighted by molar-refractivity contribution is 5.83. The number of nitrogens with zero attached hydrogens (tertiary/aromatic N) is 2. The molecule has 4 aromatic rings. The first-order chi connectivity index (χ1) is 18.0. The largest absolute Gasteiger partial charge is 0.453 e. The van der Waals surface area contributed by atoms with Gasteiger partial charge in [0.1, 0.15) is 12.4 Å². The average Bonchev–Trinajstić information content (AvgIpc) is 3.63. The summed E-state index contributed by atoms with van der Waals surface area (Å²) in [5.74, 6) is 0.607. The van der Waals surface area contributed by atoms with Crippen LogP contribution in [0.2, 0.25) is 0 Å². The van der Waals surface area contributed by atoms with Crippen LogP contribution in [0, 0.1) is 6.92 Å². The monoisotopic (exact) mass is 494 g/mol. The predicted octanol–water partition coefficient (Wildman–Crippen LogP) is 5.74. The number of amides is 2. The van der Waals surface area contributed by atoms with Crippen LogP contribution in [0.15, 0.2) is 79.0 Å². The number of aromatic nitrogens is 2. The number of aromatic amines is 1. The van der Waals surface area contributed by atoms with Gasteiger partial charge in [0.25, 0.3) is 0 Å². The van der Waals surface area contributed by atoms with Crippen molar-refractivity contribution < 1.29 is 14.3 Å². The summed E-state index contributed by atoms with van der Waals surface area (Å²) >= 11 is 0. The number of nitrogens with one attached hydrogen (secondary N) is 2. The molecule has 37 heavy (non-hydrogen) atoms. The van der Waals surface area contributed by atoms with Crippen molar-refractivity contribution in [2.24, 2.45) is 0 Å². The first-order valence-electron chi connectivity index (χ1n) is 12.5. The van der Waals surface area contributed by atoms with E-state index in [9.17, 15) is 9.59 Å². The Labute approximate surface area is 216 Å². The average molecular weight is 495 g/mol. The molecule has 2 N–H and O–H groups in total. The summed E-state index contributed by atoms with van der Waals surface area (Å²) in [5.41, 5.74) is 7.85. The lowest BCUT2D eigenvalue weighted by molar-refractivity contribution is -0.131. The van der Waals surface area contributed by atoms with E-state index in [1.165, 1.54) is 29.4 Å². The van der Waals surface area contributed by atoms with Gasteiger partial charge in [-0.05, 0) is 53.6 Å². The van der Waals surface area contributed by atoms with Gasteiger partial charge in [0.2, 0.25) is 5.91 Å². The summed E-state index contributed by atoms with van der Waals surface area (Å²) in [5, 5.41) is 2.47. The van der Waals surface area contributed by atoms with Crippen LogP contribution >= 0.6 is 0 Å². The second-order valence-electron chi connectivity index (χ2n) is 9.25. The van der Waals surface area contributed by atoms with Gasteiger partial charge in [-0.3, -0.25) is 4.79 Å². The third kappa shape index (κ3) is 5.26. The molecule has 0 bridgehead atoms. The molecule has 1 aliphatic heterocycles. The zero-order valence-corrected chi connectivity index (χ0v) is 21.0. The van der Waals surface area contributed by atoms with E-state index in [0.717, 1.165) is 35.5 Å². The zero-order valence-electron chi connectivity index (χ0n) is 21.0. The van der Waals surface area contributed by atoms with Gasteiger partial charge < -0.3 is 19.9 Å². The summed E-state index contributed by atoms with van der Waals surface area (Å²) in [4.78, 5) is 33.9. The van der Waals surface area contributed by atoms with E-state index in [-0.39, 0.29) is 18.5 Å². The Morgan fingerprint density at radius 1 is 1.00 bits per heavy atom. The summed E-state index contributed by atoms with van der Waals surface area (Å²) < 4.78 is 4.56. The van der Waals surface area contributed by atoms with Gasteiger partial charge in [0.15, 0.2) is 0 Å². The fourth-order valence-electron chi connectivity index (χ4n) is 4.90. The molecule has 7 nitrogen and oxygen atoms in total. The molecule has 0 radical (unpaired) electrons. The van der Waals surface area contributed by atoms with Crippen LogP contribution in [-0.2, 0) is 9.53 Å². The second-order valence-corrected chi connectivity index (χ2v) is 9.25. The van der Waals surface area contributed by atoms with Gasteiger partial charge >= 0.3 is 6.09 Å². The Bertz CT molecular complexity index is 1400. The second kappa shape index (κ2) is 10.7. The van der Waals surface area contributed by atoms with Gasteiger partial charge in [0.05, 0.1) is 25.0 Å². The molecule has 5 rings (SSSR count). The summed E-state index contributed by atoms with van der Waals surface area (Å²) in [6, 6.07) is 25.3. The molecule has 1 aromatic heterocycles. The van der Waals surface area contributed by atoms with Gasteiger partial charge in [-0.15, -0.1) is 0 Å². The van der Waals surface area contributed by atoms with Crippen LogP contribution < -0.4 is 5.32 Å². The normalized spacial score (nSPS) is 15.0. The molecule has 0 spiro atoms. The Hall–Kier alpha value is -4.39. The number of likely N-dealkylation sites (tertiary alicyclic amines) is 1. The van der Waals surface area contributed by atoms with Crippen molar-refractivity contribution in [1.29, 1.82) is 0 Å². The van der Waals surface area contributed by atoms with Crippen LogP contribution in [-0.4, -0.2) is 47.1 Å². The Morgan fingerprint density at radius 2 is 1.70 bits per heavy atom. The Morgan fingerprint density at radius 3 is 2.46 bits per heavy atom. The number of carbonyl (C=O) groups is 2. The summed E-state index contributed by atoms with van der Waals surface area (Å²) in [6.45, 7) is 2.66. The lowest BCUT2D eigenvalue weighted by Crippen LogP contribution is -2.40. The quantitative estimate of drug-likeness (QED) is 0.358. The molecule has 3 aromatic carbocycles. The van der Waals surface area contributed by atoms with Crippen LogP contribution in [0.3, 0.4) is 0 Å². The summed E-state index contributed by atoms with van der Waals surface area (Å²) in [7, 11) is 1.28. The molecular weight excluding hydrogens is 464 g/mol. The van der Waals surface area contributed by atoms with Crippen LogP contribution in [0.4, 0.5) is 4.79 Å². The van der Waals surface area contributed by atoms with Crippen LogP contribution in [0.1, 0.15) is 30.3 Å². The van der Waals surface area contributed by atoms with Crippen molar-refractivity contribution >= 4 is 12.0 Å². The van der Waals surface area contributed by atoms with Crippen molar-refractivity contribution in [2.75, 3.05) is 20.2 Å². The van der Waals surface area contributed by atoms with Gasteiger partial charge in [-0.1, -0.05) is 66.7 Å². The van der Waals surface area contributed by atoms with Crippen molar-refractivity contribution in [3.8, 4) is 33.5 Å². The molecule has 2 heterocycles. The third-order valence-corrected chi connectivity index (χ3v) is 6.91. The molecule has 0 saturated carbocycles. The van der Waals surface area contributed by atoms with E-state index in [1.807, 2.05) is 12.3 Å². The molecule has 0 aliphatic carbocycles. The SMILES string of the molecule is COC(=O)NCC(=O)N1CCC[C@H]1c1ncc(-c2ccc(C)c(-c3ccc(-c4ccccc4)cc3)c2)[nH]1. The molecule has 1 saturated heterocycles. The number of rotatable bonds is 6. The molecule has 1 atom stereocenters. The number of hydrogen-bond acceptors (Lipinski definition) is 4. The van der Waals surface area contributed by atoms with E-state index in [4.69, 9.17) is 0 Å². The van der Waals surface area contributed by atoms with Crippen molar-refractivity contribution in [1.82, 2.24) is 20.2 Å². The molecule has 2 amide bonds. The van der Waals surface area contributed by atoms with Crippen molar-refractivity contribution in [3.05, 3.63) is 90.4 Å². The molecule has 1 aliphatic rings. The number of imidazole rings is 1. The molecule has 188 valence electrons. The number of ether oxygens (including phenoxy) is 1. The highest BCUT2D eigenvalue weighted by Gasteiger charge is 2.32. The minimum atomic E-state index is -0.616. The zero-order chi connectivity index (χ0) is 25.8. The first-order valence-corrected chi connectivity index (χ1v) is 12.5. The first kappa shape index (κ1) is 24.3. The highest BCUT2D eigenvalue weighted by Crippen LogP contribution is 2.34. The van der Waals surface area contributed by atoms with E-state index < -0.39 is 6.09 Å². The Kier molecular flexibility index (Phi) is 7.03. The van der Waals surface area contributed by atoms with Crippen LogP contribution in [0.25, 0.3) is 33.5 Å². The fraction of sp³-hybridized carbons (Fsp3) is 0.233. The third-order valence-electron chi connectivity index (χ3n) is 6.91. The highest BCUT2D eigenvalue weighted by atomic mass is 16.5. The minimum absolute atomic E-state index is 0.0961. The number of benzene rings is 3. The number of carbonyl (C=O) groups excluding carboxylic acids is 2. The number of methoxy groups -OCH3 is 1. The van der Waals surface area contributed by atoms with Crippen molar-refractivity contribution in [2.45, 2.75) is 25.8 Å². The fourth-order valence-corrected chi connectivity index (χ4v) is 4.90. The number of H-pyrrole nitrogens is 1. The van der Waals surface area contributed by atoms with Gasteiger partial charge in [-0.25, -0.2) is 9.78 Å². The molecule has 7 heteroatoms. The minimum Gasteiger partial charge on any atom is -0.453 e. The predicted molar refractivity (Wildman–Crippen MR) is 144 cm³/mol. The number of alkyl carbamates (subject to hydrolysis) is 1. The topological polar surface area (TPSA) is 87.3 Å². The van der Waals surface area contributed by atoms with E-state index in [1.54, 1.807) is 4.90 Å². The molecular formula is C30H30N4O3. The number of aryl methyl sites for hydroxylation is 1. The smallest absolute Gasteiger partial charge is 0.407 e. The van der Waals surface area contributed by atoms with Crippen molar-refractivity contribution in [3.63, 3.8) is 0 Å². The lowest BCUT2D eigenvalue weighted by atomic mass is 9.95. The van der Waals surface area contributed by atoms with Crippen LogP contribution in [0.5, 0.6) is 0 Å². The molecule has 1 fully saturated rings. The van der Waals surface area contributed by atoms with E-state index in [0.29, 0.717) is 6.54 Å². The standard InChI is InChI=1S/C30H30N4O3/c1-20-10-11-24(17-25(20)23-14-12-22(13-15-23)21-7-4-3-5-8-21)26-18-31-29(33-26)27-9-6-16-34(27)28(35)19-32-30(36)37-2/h3-5,7-8,10-15,17-18,27H,6,9,16,19H2,1-2H3,(H,31,33)(H,32,36)/t27-/m0/s1.